The maximum Gasteiger partial charge on any atom is 0.151 e. The molecule has 0 spiro atoms. The van der Waals surface area contributed by atoms with Gasteiger partial charge < -0.3 is 9.64 Å². The Morgan fingerprint density at radius 1 is 0.600 bits per heavy atom. The molecule has 4 nitrogen and oxygen atoms in total. The van der Waals surface area contributed by atoms with Crippen molar-refractivity contribution in [3.63, 3.8) is 0 Å². The lowest BCUT2D eigenvalue weighted by Gasteiger charge is -2.33. The van der Waals surface area contributed by atoms with Crippen LogP contribution in [-0.4, -0.2) is 0 Å². The second kappa shape index (κ2) is 7.13. The molecule has 4 heteroatoms. The van der Waals surface area contributed by atoms with E-state index in [2.05, 4.69) is 23.1 Å². The normalized spacial score (nSPS) is 11.5. The van der Waals surface area contributed by atoms with Gasteiger partial charge in [0.15, 0.2) is 11.5 Å². The van der Waals surface area contributed by atoms with Crippen LogP contribution in [0.4, 0.5) is 17.1 Å². The van der Waals surface area contributed by atoms with Gasteiger partial charge in [-0.15, -0.1) is 0 Å². The molecule has 0 saturated heterocycles. The van der Waals surface area contributed by atoms with Crippen molar-refractivity contribution < 1.29 is 4.74 Å². The summed E-state index contributed by atoms with van der Waals surface area (Å²) >= 11 is 0. The zero-order chi connectivity index (χ0) is 20.5. The molecule has 0 radical (unpaired) electrons. The molecule has 0 unspecified atom stereocenters. The number of anilines is 3. The highest BCUT2D eigenvalue weighted by molar-refractivity contribution is 5.87. The Balaban J connectivity index is 1.68. The molecule has 0 atom stereocenters. The number of fused-ring (bicyclic) bond motifs is 2. The second-order valence-corrected chi connectivity index (χ2v) is 6.95. The first-order valence-corrected chi connectivity index (χ1v) is 9.48. The van der Waals surface area contributed by atoms with E-state index in [0.29, 0.717) is 11.1 Å². The van der Waals surface area contributed by atoms with E-state index in [1.165, 1.54) is 0 Å². The lowest BCUT2D eigenvalue weighted by molar-refractivity contribution is 0.477. The van der Waals surface area contributed by atoms with E-state index in [-0.39, 0.29) is 0 Å². The van der Waals surface area contributed by atoms with E-state index >= 15 is 0 Å². The lowest BCUT2D eigenvalue weighted by atomic mass is 9.99. The van der Waals surface area contributed by atoms with Crippen molar-refractivity contribution in [1.82, 2.24) is 0 Å². The highest BCUT2D eigenvalue weighted by atomic mass is 16.5. The number of para-hydroxylation sites is 4. The summed E-state index contributed by atoms with van der Waals surface area (Å²) in [5.74, 6) is 1.58. The van der Waals surface area contributed by atoms with E-state index in [4.69, 9.17) is 4.74 Å². The van der Waals surface area contributed by atoms with Crippen LogP contribution in [0.3, 0.4) is 0 Å². The van der Waals surface area contributed by atoms with Crippen LogP contribution in [0, 0.1) is 22.7 Å². The number of hydrogen-bond donors (Lipinski definition) is 0. The van der Waals surface area contributed by atoms with Gasteiger partial charge in [0.05, 0.1) is 34.6 Å². The highest BCUT2D eigenvalue weighted by Gasteiger charge is 2.25. The van der Waals surface area contributed by atoms with Gasteiger partial charge in [-0.05, 0) is 65.7 Å². The average Bonchev–Trinajstić information content (AvgIpc) is 2.82. The summed E-state index contributed by atoms with van der Waals surface area (Å²) < 4.78 is 6.09. The maximum absolute atomic E-state index is 9.32. The summed E-state index contributed by atoms with van der Waals surface area (Å²) in [6.07, 6.45) is 0. The van der Waals surface area contributed by atoms with Gasteiger partial charge in [-0.3, -0.25) is 0 Å². The molecule has 0 amide bonds. The molecule has 1 aliphatic heterocycles. The number of ether oxygens (including phenoxy) is 1. The summed E-state index contributed by atoms with van der Waals surface area (Å²) in [5, 5.41) is 18.6. The minimum atomic E-state index is 0.469. The molecular weight excluding hydrogens is 370 g/mol. The van der Waals surface area contributed by atoms with Crippen LogP contribution >= 0.6 is 0 Å². The van der Waals surface area contributed by atoms with Gasteiger partial charge in [-0.2, -0.15) is 10.5 Å². The maximum atomic E-state index is 9.32. The fourth-order valence-corrected chi connectivity index (χ4v) is 3.73. The molecule has 0 aromatic heterocycles. The minimum absolute atomic E-state index is 0.469. The minimum Gasteiger partial charge on any atom is -0.453 e. The molecule has 0 aliphatic carbocycles. The van der Waals surface area contributed by atoms with Gasteiger partial charge in [0.1, 0.15) is 0 Å². The van der Waals surface area contributed by atoms with E-state index in [0.717, 1.165) is 39.7 Å². The molecule has 5 rings (SSSR count). The standard InChI is InChI=1S/C26H15N3O/c27-16-18-12-19(17-28)14-21(13-18)20-6-5-7-22(15-20)29-23-8-1-3-10-25(23)30-26-11-4-2-9-24(26)29/h1-15H. The fourth-order valence-electron chi connectivity index (χ4n) is 3.73. The van der Waals surface area contributed by atoms with Gasteiger partial charge >= 0.3 is 0 Å². The Hall–Kier alpha value is -4.54. The van der Waals surface area contributed by atoms with Crippen LogP contribution < -0.4 is 9.64 Å². The summed E-state index contributed by atoms with van der Waals surface area (Å²) in [4.78, 5) is 2.16. The molecule has 0 N–H and O–H groups in total. The van der Waals surface area contributed by atoms with Crippen molar-refractivity contribution in [2.24, 2.45) is 0 Å². The SMILES string of the molecule is N#Cc1cc(C#N)cc(-c2cccc(N3c4ccccc4Oc4ccccc43)c2)c1. The molecule has 0 bridgehead atoms. The molecule has 4 aromatic carbocycles. The Kier molecular flexibility index (Phi) is 4.17. The first-order valence-electron chi connectivity index (χ1n) is 9.48. The smallest absolute Gasteiger partial charge is 0.151 e. The van der Waals surface area contributed by atoms with E-state index in [1.54, 1.807) is 18.2 Å². The Bertz CT molecular complexity index is 1280. The first kappa shape index (κ1) is 17.6. The molecule has 0 fully saturated rings. The van der Waals surface area contributed by atoms with Crippen LogP contribution in [0.15, 0.2) is 91.0 Å². The lowest BCUT2D eigenvalue weighted by Crippen LogP contribution is -2.15. The number of hydrogen-bond acceptors (Lipinski definition) is 4. The molecule has 4 aromatic rings. The van der Waals surface area contributed by atoms with Crippen LogP contribution in [0.2, 0.25) is 0 Å². The summed E-state index contributed by atoms with van der Waals surface area (Å²) in [5.41, 5.74) is 5.59. The van der Waals surface area contributed by atoms with Crippen molar-refractivity contribution in [2.45, 2.75) is 0 Å². The van der Waals surface area contributed by atoms with Crippen molar-refractivity contribution in [1.29, 1.82) is 10.5 Å². The van der Waals surface area contributed by atoms with E-state index in [9.17, 15) is 10.5 Å². The Morgan fingerprint density at radius 3 is 1.80 bits per heavy atom. The third-order valence-electron chi connectivity index (χ3n) is 5.06. The van der Waals surface area contributed by atoms with Crippen molar-refractivity contribution in [3.8, 4) is 34.8 Å². The largest absolute Gasteiger partial charge is 0.453 e. The predicted molar refractivity (Wildman–Crippen MR) is 116 cm³/mol. The van der Waals surface area contributed by atoms with Gasteiger partial charge in [0, 0.05) is 5.69 Å². The Morgan fingerprint density at radius 2 is 1.20 bits per heavy atom. The van der Waals surface area contributed by atoms with Crippen molar-refractivity contribution in [3.05, 3.63) is 102 Å². The number of benzene rings is 4. The molecule has 140 valence electrons. The number of nitriles is 2. The third kappa shape index (κ3) is 2.94. The first-order chi connectivity index (χ1) is 14.8. The van der Waals surface area contributed by atoms with Gasteiger partial charge in [-0.1, -0.05) is 36.4 Å². The summed E-state index contributed by atoms with van der Waals surface area (Å²) in [7, 11) is 0. The van der Waals surface area contributed by atoms with Crippen LogP contribution in [-0.2, 0) is 0 Å². The van der Waals surface area contributed by atoms with Gasteiger partial charge in [-0.25, -0.2) is 0 Å². The van der Waals surface area contributed by atoms with E-state index < -0.39 is 0 Å². The number of rotatable bonds is 2. The molecule has 1 aliphatic rings. The predicted octanol–water partition coefficient (Wildman–Crippen LogP) is 6.67. The van der Waals surface area contributed by atoms with E-state index in [1.807, 2.05) is 66.7 Å². The highest BCUT2D eigenvalue weighted by Crippen LogP contribution is 2.50. The zero-order valence-corrected chi connectivity index (χ0v) is 15.9. The van der Waals surface area contributed by atoms with Crippen LogP contribution in [0.1, 0.15) is 11.1 Å². The molecule has 0 saturated carbocycles. The Labute approximate surface area is 174 Å². The van der Waals surface area contributed by atoms with Gasteiger partial charge in [0.2, 0.25) is 0 Å². The van der Waals surface area contributed by atoms with Crippen molar-refractivity contribution >= 4 is 17.1 Å². The fraction of sp³-hybridized carbons (Fsp3) is 0. The topological polar surface area (TPSA) is 60.0 Å². The third-order valence-corrected chi connectivity index (χ3v) is 5.06. The monoisotopic (exact) mass is 385 g/mol. The zero-order valence-electron chi connectivity index (χ0n) is 15.9. The molecular formula is C26H15N3O. The second-order valence-electron chi connectivity index (χ2n) is 6.95. The quantitative estimate of drug-likeness (QED) is 0.340. The van der Waals surface area contributed by atoms with Crippen LogP contribution in [0.5, 0.6) is 11.5 Å². The van der Waals surface area contributed by atoms with Crippen molar-refractivity contribution in [2.75, 3.05) is 4.90 Å². The summed E-state index contributed by atoms with van der Waals surface area (Å²) in [6, 6.07) is 33.4. The number of nitrogens with zero attached hydrogens (tertiary/aromatic N) is 3. The molecule has 30 heavy (non-hydrogen) atoms. The summed E-state index contributed by atoms with van der Waals surface area (Å²) in [6.45, 7) is 0. The van der Waals surface area contributed by atoms with Crippen LogP contribution in [0.25, 0.3) is 11.1 Å². The van der Waals surface area contributed by atoms with Gasteiger partial charge in [0.25, 0.3) is 0 Å². The molecule has 1 heterocycles. The average molecular weight is 385 g/mol.